The molecule has 0 amide bonds. The average molecular weight is 362 g/mol. The Hall–Kier alpha value is -1.99. The van der Waals surface area contributed by atoms with Crippen molar-refractivity contribution in [1.29, 1.82) is 0 Å². The molecule has 1 atom stereocenters. The van der Waals surface area contributed by atoms with Crippen molar-refractivity contribution < 1.29 is 14.6 Å². The topological polar surface area (TPSA) is 89.3 Å². The second-order valence-electron chi connectivity index (χ2n) is 6.57. The summed E-state index contributed by atoms with van der Waals surface area (Å²) >= 11 is 0. The summed E-state index contributed by atoms with van der Waals surface area (Å²) in [5.41, 5.74) is 1.31. The van der Waals surface area contributed by atoms with Crippen molar-refractivity contribution in [3.63, 3.8) is 0 Å². The van der Waals surface area contributed by atoms with Gasteiger partial charge in [0.05, 0.1) is 17.7 Å². The Morgan fingerprint density at radius 1 is 1.35 bits per heavy atom. The van der Waals surface area contributed by atoms with E-state index >= 15 is 0 Å². The van der Waals surface area contributed by atoms with Gasteiger partial charge in [0.25, 0.3) is 0 Å². The van der Waals surface area contributed by atoms with Crippen LogP contribution in [0.2, 0.25) is 0 Å². The summed E-state index contributed by atoms with van der Waals surface area (Å²) in [5, 5.41) is 20.5. The highest BCUT2D eigenvalue weighted by atomic mass is 16.5. The Balaban J connectivity index is 1.68. The molecule has 144 valence electrons. The van der Waals surface area contributed by atoms with Gasteiger partial charge in [0.15, 0.2) is 0 Å². The van der Waals surface area contributed by atoms with Gasteiger partial charge in [0.2, 0.25) is 0 Å². The van der Waals surface area contributed by atoms with Gasteiger partial charge in [0.1, 0.15) is 5.52 Å². The fourth-order valence-corrected chi connectivity index (χ4v) is 2.91. The van der Waals surface area contributed by atoms with Crippen molar-refractivity contribution in [2.75, 3.05) is 19.8 Å². The van der Waals surface area contributed by atoms with Crippen molar-refractivity contribution in [3.05, 3.63) is 23.8 Å². The van der Waals surface area contributed by atoms with Crippen LogP contribution in [0.1, 0.15) is 56.3 Å². The fraction of sp³-hybridized carbons (Fsp3) is 0.632. The number of rotatable bonds is 13. The summed E-state index contributed by atoms with van der Waals surface area (Å²) in [5.74, 6) is -0.315. The third kappa shape index (κ3) is 5.78. The zero-order chi connectivity index (χ0) is 18.8. The number of fused-ring (bicyclic) bond motifs is 1. The minimum atomic E-state index is -0.989. The van der Waals surface area contributed by atoms with Gasteiger partial charge < -0.3 is 9.84 Å². The van der Waals surface area contributed by atoms with Crippen LogP contribution in [-0.2, 0) is 11.4 Å². The van der Waals surface area contributed by atoms with E-state index in [2.05, 4.69) is 29.5 Å². The smallest absolute Gasteiger partial charge is 0.338 e. The van der Waals surface area contributed by atoms with Crippen molar-refractivity contribution in [2.45, 2.75) is 52.6 Å². The molecule has 7 heteroatoms. The average Bonchev–Trinajstić information content (AvgIpc) is 3.06. The van der Waals surface area contributed by atoms with Gasteiger partial charge in [-0.25, -0.2) is 9.48 Å². The molecule has 0 spiro atoms. The van der Waals surface area contributed by atoms with E-state index in [9.17, 15) is 9.90 Å². The number of hydrogen-bond donors (Lipinski definition) is 2. The van der Waals surface area contributed by atoms with Gasteiger partial charge in [-0.3, -0.25) is 5.32 Å². The Labute approximate surface area is 154 Å². The molecule has 0 saturated heterocycles. The number of ether oxygens (including phenoxy) is 1. The van der Waals surface area contributed by atoms with Crippen LogP contribution in [-0.4, -0.2) is 45.8 Å². The number of carbonyl (C=O) groups is 1. The van der Waals surface area contributed by atoms with E-state index in [0.29, 0.717) is 18.1 Å². The Kier molecular flexibility index (Phi) is 8.50. The SMILES string of the molecule is CCCCC(CC)COCCCNCn1nnc2c(C(=O)O)cccc21. The highest BCUT2D eigenvalue weighted by Gasteiger charge is 2.13. The summed E-state index contributed by atoms with van der Waals surface area (Å²) in [6, 6.07) is 5.08. The Morgan fingerprint density at radius 2 is 2.19 bits per heavy atom. The lowest BCUT2D eigenvalue weighted by Crippen LogP contribution is -2.22. The summed E-state index contributed by atoms with van der Waals surface area (Å²) < 4.78 is 7.47. The van der Waals surface area contributed by atoms with E-state index in [-0.39, 0.29) is 5.56 Å². The number of aromatic nitrogens is 3. The molecular weight excluding hydrogens is 332 g/mol. The van der Waals surface area contributed by atoms with E-state index in [1.165, 1.54) is 25.7 Å². The van der Waals surface area contributed by atoms with Gasteiger partial charge in [-0.05, 0) is 37.4 Å². The summed E-state index contributed by atoms with van der Waals surface area (Å²) in [6.45, 7) is 7.35. The van der Waals surface area contributed by atoms with Crippen LogP contribution in [0, 0.1) is 5.92 Å². The van der Waals surface area contributed by atoms with Gasteiger partial charge in [-0.2, -0.15) is 0 Å². The third-order valence-electron chi connectivity index (χ3n) is 4.58. The second-order valence-corrected chi connectivity index (χ2v) is 6.57. The van der Waals surface area contributed by atoms with Gasteiger partial charge in [0, 0.05) is 13.2 Å². The molecule has 0 saturated carbocycles. The molecule has 2 rings (SSSR count). The van der Waals surface area contributed by atoms with Gasteiger partial charge >= 0.3 is 5.97 Å². The van der Waals surface area contributed by atoms with Crippen LogP contribution in [0.3, 0.4) is 0 Å². The molecule has 1 aromatic carbocycles. The molecule has 26 heavy (non-hydrogen) atoms. The highest BCUT2D eigenvalue weighted by molar-refractivity contribution is 6.00. The number of nitrogens with zero attached hydrogens (tertiary/aromatic N) is 3. The lowest BCUT2D eigenvalue weighted by Gasteiger charge is -2.14. The maximum atomic E-state index is 11.2. The first-order chi connectivity index (χ1) is 12.7. The highest BCUT2D eigenvalue weighted by Crippen LogP contribution is 2.15. The van der Waals surface area contributed by atoms with Crippen molar-refractivity contribution in [1.82, 2.24) is 20.3 Å². The van der Waals surface area contributed by atoms with Gasteiger partial charge in [-0.1, -0.05) is 44.4 Å². The van der Waals surface area contributed by atoms with Crippen LogP contribution in [0.25, 0.3) is 11.0 Å². The lowest BCUT2D eigenvalue weighted by molar-refractivity contribution is 0.0699. The molecule has 1 heterocycles. The molecule has 1 unspecified atom stereocenters. The molecule has 2 N–H and O–H groups in total. The first-order valence-corrected chi connectivity index (χ1v) is 9.51. The number of nitrogens with one attached hydrogen (secondary N) is 1. The number of hydrogen-bond acceptors (Lipinski definition) is 5. The quantitative estimate of drug-likeness (QED) is 0.532. The van der Waals surface area contributed by atoms with Crippen LogP contribution < -0.4 is 5.32 Å². The molecule has 0 aliphatic carbocycles. The Morgan fingerprint density at radius 3 is 2.92 bits per heavy atom. The number of benzene rings is 1. The largest absolute Gasteiger partial charge is 0.478 e. The molecule has 0 fully saturated rings. The molecule has 0 aliphatic rings. The van der Waals surface area contributed by atoms with Crippen LogP contribution in [0.5, 0.6) is 0 Å². The van der Waals surface area contributed by atoms with E-state index in [1.807, 2.05) is 6.07 Å². The van der Waals surface area contributed by atoms with Crippen LogP contribution in [0.4, 0.5) is 0 Å². The van der Waals surface area contributed by atoms with E-state index in [4.69, 9.17) is 4.74 Å². The van der Waals surface area contributed by atoms with Crippen LogP contribution in [0.15, 0.2) is 18.2 Å². The number of unbranched alkanes of at least 4 members (excludes halogenated alkanes) is 1. The van der Waals surface area contributed by atoms with E-state index in [1.54, 1.807) is 16.8 Å². The number of carboxylic acid groups (broad SMARTS) is 1. The minimum Gasteiger partial charge on any atom is -0.478 e. The van der Waals surface area contributed by atoms with Crippen molar-refractivity contribution >= 4 is 17.0 Å². The monoisotopic (exact) mass is 362 g/mol. The molecule has 0 radical (unpaired) electrons. The summed E-state index contributed by atoms with van der Waals surface area (Å²) in [7, 11) is 0. The molecule has 1 aromatic heterocycles. The normalized spacial score (nSPS) is 12.5. The van der Waals surface area contributed by atoms with Gasteiger partial charge in [-0.15, -0.1) is 5.10 Å². The zero-order valence-corrected chi connectivity index (χ0v) is 15.8. The predicted molar refractivity (Wildman–Crippen MR) is 101 cm³/mol. The van der Waals surface area contributed by atoms with Crippen molar-refractivity contribution in [2.24, 2.45) is 5.92 Å². The predicted octanol–water partition coefficient (Wildman–Crippen LogP) is 3.30. The van der Waals surface area contributed by atoms with E-state index in [0.717, 1.165) is 31.7 Å². The zero-order valence-electron chi connectivity index (χ0n) is 15.8. The van der Waals surface area contributed by atoms with E-state index < -0.39 is 5.97 Å². The lowest BCUT2D eigenvalue weighted by atomic mass is 10.0. The summed E-state index contributed by atoms with van der Waals surface area (Å²) in [4.78, 5) is 11.2. The Bertz CT molecular complexity index is 686. The molecule has 7 nitrogen and oxygen atoms in total. The number of aromatic carboxylic acids is 1. The molecule has 2 aromatic rings. The first-order valence-electron chi connectivity index (χ1n) is 9.51. The number of carboxylic acids is 1. The first kappa shape index (κ1) is 20.3. The summed E-state index contributed by atoms with van der Waals surface area (Å²) in [6.07, 6.45) is 5.88. The molecule has 0 aliphatic heterocycles. The minimum absolute atomic E-state index is 0.177. The third-order valence-corrected chi connectivity index (χ3v) is 4.58. The maximum Gasteiger partial charge on any atom is 0.338 e. The van der Waals surface area contributed by atoms with Crippen LogP contribution >= 0.6 is 0 Å². The second kappa shape index (κ2) is 10.9. The molecule has 0 bridgehead atoms. The van der Waals surface area contributed by atoms with Crippen molar-refractivity contribution in [3.8, 4) is 0 Å². The molecular formula is C19H30N4O3. The maximum absolute atomic E-state index is 11.2. The standard InChI is InChI=1S/C19H30N4O3/c1-3-5-8-15(4-2)13-26-12-7-11-20-14-23-17-10-6-9-16(19(24)25)18(17)21-22-23/h6,9-10,15,20H,3-5,7-8,11-14H2,1-2H3,(H,24,25). The fourth-order valence-electron chi connectivity index (χ4n) is 2.91.